The summed E-state index contributed by atoms with van der Waals surface area (Å²) >= 11 is 2.95. The lowest BCUT2D eigenvalue weighted by Crippen LogP contribution is -2.64. The highest BCUT2D eigenvalue weighted by atomic mass is 32.2. The molecule has 47 heavy (non-hydrogen) atoms. The topological polar surface area (TPSA) is 167 Å². The van der Waals surface area contributed by atoms with Gasteiger partial charge in [0.2, 0.25) is 0 Å². The molecule has 1 aromatic rings. The Balaban J connectivity index is 0.000000177. The summed E-state index contributed by atoms with van der Waals surface area (Å²) in [5.41, 5.74) is -1.36. The van der Waals surface area contributed by atoms with Gasteiger partial charge in [0.1, 0.15) is 40.5 Å². The maximum atomic E-state index is 11.2. The van der Waals surface area contributed by atoms with E-state index in [9.17, 15) is 20.4 Å². The minimum atomic E-state index is -1.13. The van der Waals surface area contributed by atoms with Crippen LogP contribution in [0.25, 0.3) is 0 Å². The van der Waals surface area contributed by atoms with Crippen LogP contribution in [0.3, 0.4) is 0 Å². The van der Waals surface area contributed by atoms with Gasteiger partial charge in [0, 0.05) is 20.0 Å². The van der Waals surface area contributed by atoms with Crippen molar-refractivity contribution in [1.29, 1.82) is 0 Å². The van der Waals surface area contributed by atoms with Crippen molar-refractivity contribution in [2.24, 2.45) is 15.9 Å². The minimum absolute atomic E-state index is 0.00570. The molecule has 2 aliphatic carbocycles. The fourth-order valence-corrected chi connectivity index (χ4v) is 9.35. The quantitative estimate of drug-likeness (QED) is 0.241. The Labute approximate surface area is 284 Å². The second-order valence-electron chi connectivity index (χ2n) is 12.9. The molecule has 4 aliphatic heterocycles. The van der Waals surface area contributed by atoms with Crippen LogP contribution in [-0.2, 0) is 20.8 Å². The van der Waals surface area contributed by atoms with Crippen molar-refractivity contribution in [2.45, 2.75) is 104 Å². The van der Waals surface area contributed by atoms with Crippen molar-refractivity contribution in [3.05, 3.63) is 54.1 Å². The number of hydrogen-bond donors (Lipinski definition) is 6. The van der Waals surface area contributed by atoms with E-state index in [0.717, 1.165) is 16.5 Å². The van der Waals surface area contributed by atoms with E-state index in [-0.39, 0.29) is 35.0 Å². The molecule has 1 aromatic carbocycles. The van der Waals surface area contributed by atoms with Crippen LogP contribution in [0.2, 0.25) is 0 Å². The molecule has 0 bridgehead atoms. The number of nitrogens with zero attached hydrogens (tertiary/aromatic N) is 2. The van der Waals surface area contributed by atoms with Crippen molar-refractivity contribution in [3.8, 4) is 5.75 Å². The van der Waals surface area contributed by atoms with E-state index < -0.39 is 35.6 Å². The first-order chi connectivity index (χ1) is 22.6. The number of benzene rings is 1. The van der Waals surface area contributed by atoms with Gasteiger partial charge >= 0.3 is 0 Å². The molecule has 10 atom stereocenters. The molecule has 0 radical (unpaired) electrons. The fraction of sp³-hybridized carbons (Fsp3) is 0.636. The third-order valence-corrected chi connectivity index (χ3v) is 12.2. The van der Waals surface area contributed by atoms with Crippen molar-refractivity contribution < 1.29 is 39.4 Å². The third kappa shape index (κ3) is 6.99. The molecule has 0 amide bonds. The molecule has 4 saturated heterocycles. The summed E-state index contributed by atoms with van der Waals surface area (Å²) in [4.78, 5) is 8.32. The average molecular weight is 691 g/mol. The van der Waals surface area contributed by atoms with E-state index in [1.54, 1.807) is 33.0 Å². The molecule has 0 aromatic heterocycles. The summed E-state index contributed by atoms with van der Waals surface area (Å²) < 4.78 is 23.9. The first kappa shape index (κ1) is 34.7. The summed E-state index contributed by atoms with van der Waals surface area (Å²) in [5.74, 6) is 0.866. The normalized spacial score (nSPS) is 39.6. The molecule has 4 fully saturated rings. The van der Waals surface area contributed by atoms with Crippen molar-refractivity contribution in [1.82, 2.24) is 10.6 Å². The van der Waals surface area contributed by atoms with Crippen LogP contribution in [0.1, 0.15) is 38.2 Å². The summed E-state index contributed by atoms with van der Waals surface area (Å²) in [6.45, 7) is 2.61. The van der Waals surface area contributed by atoms with Gasteiger partial charge in [0.05, 0.1) is 43.6 Å². The Hall–Kier alpha value is -2.14. The Morgan fingerprint density at radius 1 is 0.809 bits per heavy atom. The van der Waals surface area contributed by atoms with E-state index >= 15 is 0 Å². The van der Waals surface area contributed by atoms with E-state index in [1.165, 1.54) is 11.8 Å². The van der Waals surface area contributed by atoms with Crippen molar-refractivity contribution >= 4 is 33.9 Å². The van der Waals surface area contributed by atoms with Gasteiger partial charge in [-0.05, 0) is 43.4 Å². The average Bonchev–Trinajstić information content (AvgIpc) is 3.89. The first-order valence-electron chi connectivity index (χ1n) is 16.1. The van der Waals surface area contributed by atoms with Crippen LogP contribution in [0.15, 0.2) is 58.6 Å². The third-order valence-electron chi connectivity index (χ3n) is 9.85. The molecule has 14 heteroatoms. The van der Waals surface area contributed by atoms with Gasteiger partial charge in [-0.25, -0.2) is 0 Å². The number of rotatable bonds is 6. The number of aliphatic hydroxyl groups is 4. The van der Waals surface area contributed by atoms with Crippen molar-refractivity contribution in [2.75, 3.05) is 21.2 Å². The predicted molar refractivity (Wildman–Crippen MR) is 182 cm³/mol. The van der Waals surface area contributed by atoms with Gasteiger partial charge in [0.15, 0.2) is 10.3 Å². The summed E-state index contributed by atoms with van der Waals surface area (Å²) in [6.07, 6.45) is 6.66. The fourth-order valence-electron chi connectivity index (χ4n) is 7.19. The Bertz CT molecular complexity index is 1360. The number of hydrogen-bond acceptors (Lipinski definition) is 12. The van der Waals surface area contributed by atoms with Crippen LogP contribution in [0, 0.1) is 5.92 Å². The highest BCUT2D eigenvalue weighted by molar-refractivity contribution is 8.14. The van der Waals surface area contributed by atoms with E-state index in [0.29, 0.717) is 37.5 Å². The van der Waals surface area contributed by atoms with Gasteiger partial charge in [-0.1, -0.05) is 66.9 Å². The van der Waals surface area contributed by atoms with Gasteiger partial charge in [-0.15, -0.1) is 0 Å². The number of aliphatic hydroxyl groups excluding tert-OH is 2. The summed E-state index contributed by atoms with van der Waals surface area (Å²) in [6, 6.07) is 7.52. The lowest BCUT2D eigenvalue weighted by Gasteiger charge is -2.47. The van der Waals surface area contributed by atoms with Gasteiger partial charge < -0.3 is 50.0 Å². The number of ether oxygens (including phenoxy) is 4. The zero-order valence-corrected chi connectivity index (χ0v) is 28.7. The van der Waals surface area contributed by atoms with Crippen molar-refractivity contribution in [3.63, 3.8) is 0 Å². The monoisotopic (exact) mass is 690 g/mol. The Morgan fingerprint density at radius 2 is 1.32 bits per heavy atom. The molecule has 7 rings (SSSR count). The second kappa shape index (κ2) is 14.4. The molecule has 6 N–H and O–H groups in total. The maximum absolute atomic E-state index is 11.2. The zero-order chi connectivity index (χ0) is 33.3. The number of aliphatic imine (C=N–C) groups is 2. The number of nitrogens with one attached hydrogen (secondary N) is 2. The lowest BCUT2D eigenvalue weighted by molar-refractivity contribution is -0.216. The highest BCUT2D eigenvalue weighted by Gasteiger charge is 2.56. The molecule has 4 heterocycles. The van der Waals surface area contributed by atoms with E-state index in [1.807, 2.05) is 48.6 Å². The molecule has 0 unspecified atom stereocenters. The standard InChI is InChI=1S/C21H28N2O4S.C12H18N2O4S/c1-13-17(26-12-14-6-8-15(25-3)9-7-14)16-19(28-20(22-2)23-16)27-18(13)21(24)10-4-5-11-21;1-13-11-14-6-7(15)8(16)9(18-10(6)19-11)12(17)4-2-3-5-12/h4-9,13,16-19,24H,10-12H2,1-3H3,(H,22,23);2-3,6-10,15-17H,4-5H2,1H3,(H,13,14)/t13-,16+,17-,18-,19+;6-,7-,8+,9+,10-/m01/s1. The second-order valence-corrected chi connectivity index (χ2v) is 15.1. The lowest BCUT2D eigenvalue weighted by atomic mass is 9.79. The predicted octanol–water partition coefficient (Wildman–Crippen LogP) is 1.92. The molecule has 258 valence electrons. The van der Waals surface area contributed by atoms with Crippen LogP contribution < -0.4 is 15.4 Å². The zero-order valence-electron chi connectivity index (χ0n) is 27.1. The molecule has 6 aliphatic rings. The number of amidine groups is 2. The van der Waals surface area contributed by atoms with Crippen LogP contribution in [0.5, 0.6) is 5.75 Å². The molecular formula is C33H46N4O8S2. The van der Waals surface area contributed by atoms with Gasteiger partial charge in [0.25, 0.3) is 0 Å². The molecule has 0 spiro atoms. The van der Waals surface area contributed by atoms with Crippen LogP contribution in [0.4, 0.5) is 0 Å². The molecule has 12 nitrogen and oxygen atoms in total. The number of fused-ring (bicyclic) bond motifs is 2. The smallest absolute Gasteiger partial charge is 0.159 e. The largest absolute Gasteiger partial charge is 0.497 e. The number of thioether (sulfide) groups is 2. The maximum Gasteiger partial charge on any atom is 0.159 e. The van der Waals surface area contributed by atoms with Crippen LogP contribution >= 0.6 is 23.5 Å². The molecule has 0 saturated carbocycles. The Kier molecular flexibility index (Phi) is 10.6. The summed E-state index contributed by atoms with van der Waals surface area (Å²) in [7, 11) is 5.09. The first-order valence-corrected chi connectivity index (χ1v) is 17.8. The van der Waals surface area contributed by atoms with Gasteiger partial charge in [-0.2, -0.15) is 0 Å². The van der Waals surface area contributed by atoms with Crippen LogP contribution in [-0.4, -0.2) is 117 Å². The highest BCUT2D eigenvalue weighted by Crippen LogP contribution is 2.45. The Morgan fingerprint density at radius 3 is 1.87 bits per heavy atom. The van der Waals surface area contributed by atoms with E-state index in [4.69, 9.17) is 18.9 Å². The SMILES string of the molecule is CN=C1N[C@@H]2[C@@H](O)[C@H](O)[C@@H](C3(O)CC=CC3)O[C@@H]2S1.CN=C1N[C@@H]2[C@@H](OCc3ccc(OC)cc3)[C@H](C)[C@@H](C3(O)CC=CC3)O[C@@H]2S1. The minimum Gasteiger partial charge on any atom is -0.497 e. The summed E-state index contributed by atoms with van der Waals surface area (Å²) in [5, 5.41) is 50.1. The van der Waals surface area contributed by atoms with Gasteiger partial charge in [-0.3, -0.25) is 9.98 Å². The number of methoxy groups -OCH3 is 1. The molecular weight excluding hydrogens is 645 g/mol. The van der Waals surface area contributed by atoms with E-state index in [2.05, 4.69) is 27.5 Å².